The van der Waals surface area contributed by atoms with Crippen molar-refractivity contribution < 1.29 is 4.79 Å². The van der Waals surface area contributed by atoms with Gasteiger partial charge >= 0.3 is 0 Å². The van der Waals surface area contributed by atoms with Gasteiger partial charge in [-0.05, 0) is 59.1 Å². The Labute approximate surface area is 158 Å². The second kappa shape index (κ2) is 7.82. The monoisotopic (exact) mass is 373 g/mol. The van der Waals surface area contributed by atoms with E-state index in [2.05, 4.69) is 18.8 Å². The van der Waals surface area contributed by atoms with Gasteiger partial charge in [-0.15, -0.1) is 0 Å². The lowest BCUT2D eigenvalue weighted by Gasteiger charge is -2.39. The quantitative estimate of drug-likeness (QED) is 0.603. The fourth-order valence-corrected chi connectivity index (χ4v) is 4.79. The number of carbonyl (C=O) groups excluding carboxylic acids is 1. The summed E-state index contributed by atoms with van der Waals surface area (Å²) in [6.07, 6.45) is 3.30. The van der Waals surface area contributed by atoms with Crippen LogP contribution < -0.4 is 5.56 Å². The molecule has 0 radical (unpaired) electrons. The molecule has 1 aliphatic heterocycles. The van der Waals surface area contributed by atoms with Gasteiger partial charge in [-0.2, -0.15) is 0 Å². The number of aromatic nitrogens is 2. The van der Waals surface area contributed by atoms with Gasteiger partial charge in [-0.25, -0.2) is 4.98 Å². The van der Waals surface area contributed by atoms with Gasteiger partial charge in [0.2, 0.25) is 5.91 Å². The van der Waals surface area contributed by atoms with Crippen molar-refractivity contribution in [2.45, 2.75) is 70.2 Å². The van der Waals surface area contributed by atoms with Crippen LogP contribution in [0.4, 0.5) is 0 Å². The van der Waals surface area contributed by atoms with E-state index in [0.29, 0.717) is 21.8 Å². The summed E-state index contributed by atoms with van der Waals surface area (Å²) in [6.45, 7) is 8.18. The Bertz CT molecular complexity index is 852. The molecule has 1 aromatic heterocycles. The highest BCUT2D eigenvalue weighted by Gasteiger charge is 2.29. The zero-order valence-corrected chi connectivity index (χ0v) is 16.8. The molecular weight excluding hydrogens is 346 g/mol. The standard InChI is InChI=1S/C20H27N3O2S/c1-13(2)22-19(25)16-10-5-6-11-17(16)21-20(22)26-12-18(24)23-14(3)8-7-9-15(23)4/h5-6,10-11,13-15H,7-9,12H2,1-4H3/t14-,15+. The minimum atomic E-state index is -0.0414. The molecule has 0 spiro atoms. The SMILES string of the molecule is CC(C)n1c(SCC(=O)N2[C@H](C)CCC[C@@H]2C)nc2ccccc2c1=O. The van der Waals surface area contributed by atoms with Crippen molar-refractivity contribution >= 4 is 28.6 Å². The van der Waals surface area contributed by atoms with Crippen LogP contribution >= 0.6 is 11.8 Å². The molecule has 0 saturated carbocycles. The van der Waals surface area contributed by atoms with Crippen molar-refractivity contribution in [2.24, 2.45) is 0 Å². The van der Waals surface area contributed by atoms with Crippen molar-refractivity contribution in [2.75, 3.05) is 5.75 Å². The number of likely N-dealkylation sites (tertiary alicyclic amines) is 1. The van der Waals surface area contributed by atoms with E-state index in [4.69, 9.17) is 0 Å². The number of nitrogens with zero attached hydrogens (tertiary/aromatic N) is 3. The average Bonchev–Trinajstić information content (AvgIpc) is 2.59. The Hall–Kier alpha value is -1.82. The number of hydrogen-bond acceptors (Lipinski definition) is 4. The summed E-state index contributed by atoms with van der Waals surface area (Å²) in [4.78, 5) is 32.3. The first-order valence-corrected chi connectivity index (χ1v) is 10.3. The molecule has 2 heterocycles. The van der Waals surface area contributed by atoms with Gasteiger partial charge in [-0.1, -0.05) is 23.9 Å². The predicted molar refractivity (Wildman–Crippen MR) is 107 cm³/mol. The lowest BCUT2D eigenvalue weighted by atomic mass is 9.98. The van der Waals surface area contributed by atoms with Crippen LogP contribution in [0.5, 0.6) is 0 Å². The van der Waals surface area contributed by atoms with Crippen LogP contribution in [-0.2, 0) is 4.79 Å². The summed E-state index contributed by atoms with van der Waals surface area (Å²) in [6, 6.07) is 7.94. The molecule has 1 aliphatic rings. The third-order valence-electron chi connectivity index (χ3n) is 5.10. The molecule has 0 bridgehead atoms. The largest absolute Gasteiger partial charge is 0.337 e. The second-order valence-electron chi connectivity index (χ2n) is 7.40. The zero-order valence-electron chi connectivity index (χ0n) is 15.9. The van der Waals surface area contributed by atoms with Gasteiger partial charge in [0.15, 0.2) is 5.16 Å². The summed E-state index contributed by atoms with van der Waals surface area (Å²) in [5.74, 6) is 0.444. The Morgan fingerprint density at radius 2 is 1.88 bits per heavy atom. The first-order chi connectivity index (χ1) is 12.4. The van der Waals surface area contributed by atoms with Gasteiger partial charge in [0.1, 0.15) is 0 Å². The summed E-state index contributed by atoms with van der Waals surface area (Å²) >= 11 is 1.37. The minimum absolute atomic E-state index is 0.00922. The normalized spacial score (nSPS) is 20.7. The Balaban J connectivity index is 1.87. The summed E-state index contributed by atoms with van der Waals surface area (Å²) in [5, 5.41) is 1.24. The molecule has 5 nitrogen and oxygen atoms in total. The number of hydrogen-bond donors (Lipinski definition) is 0. The molecular formula is C20H27N3O2S. The number of benzene rings is 1. The first kappa shape index (κ1) is 19.0. The van der Waals surface area contributed by atoms with Crippen LogP contribution in [0.3, 0.4) is 0 Å². The van der Waals surface area contributed by atoms with Crippen LogP contribution in [0.15, 0.2) is 34.2 Å². The number of para-hydroxylation sites is 1. The van der Waals surface area contributed by atoms with Gasteiger partial charge in [0.25, 0.3) is 5.56 Å². The molecule has 1 aromatic carbocycles. The summed E-state index contributed by atoms with van der Waals surface area (Å²) in [5.41, 5.74) is 0.643. The average molecular weight is 374 g/mol. The van der Waals surface area contributed by atoms with Gasteiger partial charge < -0.3 is 4.90 Å². The van der Waals surface area contributed by atoms with Crippen LogP contribution in [0, 0.1) is 0 Å². The predicted octanol–water partition coefficient (Wildman–Crippen LogP) is 3.86. The fourth-order valence-electron chi connectivity index (χ4n) is 3.80. The molecule has 6 heteroatoms. The molecule has 2 aromatic rings. The van der Waals surface area contributed by atoms with Crippen molar-refractivity contribution in [1.29, 1.82) is 0 Å². The number of fused-ring (bicyclic) bond motifs is 1. The maximum absolute atomic E-state index is 12.9. The van der Waals surface area contributed by atoms with E-state index < -0.39 is 0 Å². The summed E-state index contributed by atoms with van der Waals surface area (Å²) < 4.78 is 1.70. The van der Waals surface area contributed by atoms with E-state index in [-0.39, 0.29) is 29.6 Å². The number of thioether (sulfide) groups is 1. The lowest BCUT2D eigenvalue weighted by molar-refractivity contribution is -0.134. The fraction of sp³-hybridized carbons (Fsp3) is 0.550. The molecule has 2 atom stereocenters. The van der Waals surface area contributed by atoms with Gasteiger partial charge in [0, 0.05) is 18.1 Å². The van der Waals surface area contributed by atoms with E-state index in [1.807, 2.05) is 36.9 Å². The molecule has 0 aliphatic carbocycles. The molecule has 1 saturated heterocycles. The maximum Gasteiger partial charge on any atom is 0.262 e. The number of amides is 1. The van der Waals surface area contributed by atoms with Gasteiger partial charge in [-0.3, -0.25) is 14.2 Å². The van der Waals surface area contributed by atoms with Crippen LogP contribution in [-0.4, -0.2) is 38.2 Å². The van der Waals surface area contributed by atoms with E-state index in [1.54, 1.807) is 10.6 Å². The van der Waals surface area contributed by atoms with E-state index in [0.717, 1.165) is 12.8 Å². The number of piperidine rings is 1. The highest BCUT2D eigenvalue weighted by Crippen LogP contribution is 2.26. The lowest BCUT2D eigenvalue weighted by Crippen LogP contribution is -2.48. The molecule has 1 amide bonds. The maximum atomic E-state index is 12.9. The van der Waals surface area contributed by atoms with Crippen molar-refractivity contribution in [1.82, 2.24) is 14.5 Å². The molecule has 3 rings (SSSR count). The molecule has 140 valence electrons. The van der Waals surface area contributed by atoms with E-state index in [9.17, 15) is 9.59 Å². The van der Waals surface area contributed by atoms with Gasteiger partial charge in [0.05, 0.1) is 16.7 Å². The van der Waals surface area contributed by atoms with Crippen LogP contribution in [0.1, 0.15) is 53.0 Å². The molecule has 0 unspecified atom stereocenters. The molecule has 1 fully saturated rings. The second-order valence-corrected chi connectivity index (χ2v) is 8.34. The Kier molecular flexibility index (Phi) is 5.70. The van der Waals surface area contributed by atoms with Crippen LogP contribution in [0.2, 0.25) is 0 Å². The van der Waals surface area contributed by atoms with Crippen molar-refractivity contribution in [3.63, 3.8) is 0 Å². The zero-order chi connectivity index (χ0) is 18.8. The molecule has 26 heavy (non-hydrogen) atoms. The van der Waals surface area contributed by atoms with Crippen molar-refractivity contribution in [3.05, 3.63) is 34.6 Å². The van der Waals surface area contributed by atoms with Crippen LogP contribution in [0.25, 0.3) is 10.9 Å². The Morgan fingerprint density at radius 1 is 1.23 bits per heavy atom. The topological polar surface area (TPSA) is 55.2 Å². The first-order valence-electron chi connectivity index (χ1n) is 9.35. The highest BCUT2D eigenvalue weighted by molar-refractivity contribution is 7.99. The minimum Gasteiger partial charge on any atom is -0.337 e. The smallest absolute Gasteiger partial charge is 0.262 e. The third kappa shape index (κ3) is 3.65. The third-order valence-corrected chi connectivity index (χ3v) is 6.04. The van der Waals surface area contributed by atoms with E-state index in [1.165, 1.54) is 18.2 Å². The van der Waals surface area contributed by atoms with Crippen molar-refractivity contribution in [3.8, 4) is 0 Å². The van der Waals surface area contributed by atoms with E-state index >= 15 is 0 Å². The Morgan fingerprint density at radius 3 is 2.54 bits per heavy atom. The molecule has 0 N–H and O–H groups in total. The summed E-state index contributed by atoms with van der Waals surface area (Å²) in [7, 11) is 0. The number of carbonyl (C=O) groups is 1. The number of rotatable bonds is 4. The highest BCUT2D eigenvalue weighted by atomic mass is 32.2.